The fourth-order valence-electron chi connectivity index (χ4n) is 4.32. The van der Waals surface area contributed by atoms with Crippen LogP contribution in [0.15, 0.2) is 72.8 Å². The van der Waals surface area contributed by atoms with Crippen LogP contribution in [0.4, 0.5) is 21.9 Å². The summed E-state index contributed by atoms with van der Waals surface area (Å²) in [5.41, 5.74) is 6.07. The predicted molar refractivity (Wildman–Crippen MR) is 143 cm³/mol. The van der Waals surface area contributed by atoms with E-state index in [1.54, 1.807) is 0 Å². The zero-order valence-electron chi connectivity index (χ0n) is 20.8. The number of rotatable bonds is 6. The first kappa shape index (κ1) is 24.3. The van der Waals surface area contributed by atoms with Gasteiger partial charge in [-0.3, -0.25) is 4.79 Å². The minimum atomic E-state index is -0.268. The summed E-state index contributed by atoms with van der Waals surface area (Å²) in [5.74, 6) is 0.637. The molecule has 0 atom stereocenters. The summed E-state index contributed by atoms with van der Waals surface area (Å²) >= 11 is 0. The predicted octanol–water partition coefficient (Wildman–Crippen LogP) is 5.65. The number of anilines is 3. The van der Waals surface area contributed by atoms with Crippen molar-refractivity contribution in [2.45, 2.75) is 33.1 Å². The van der Waals surface area contributed by atoms with Crippen LogP contribution in [0.25, 0.3) is 0 Å². The van der Waals surface area contributed by atoms with Crippen molar-refractivity contribution in [2.24, 2.45) is 0 Å². The molecule has 3 aromatic rings. The number of benzene rings is 3. The van der Waals surface area contributed by atoms with E-state index in [0.717, 1.165) is 35.7 Å². The molecule has 2 N–H and O–H groups in total. The van der Waals surface area contributed by atoms with Crippen LogP contribution in [0.3, 0.4) is 0 Å². The van der Waals surface area contributed by atoms with E-state index in [-0.39, 0.29) is 11.9 Å². The number of carbonyl (C=O) groups is 2. The van der Waals surface area contributed by atoms with E-state index >= 15 is 0 Å². The first-order valence-corrected chi connectivity index (χ1v) is 12.2. The zero-order chi connectivity index (χ0) is 24.8. The standard InChI is InChI=1S/C29H34N4O2/c1-21(2)24-7-9-25(10-8-24)30-29(35)31-26-11-13-27(14-12-26)32-15-17-33(18-16-32)28(34)20-23-6-4-5-22(3)19-23/h4-14,19,21H,15-18,20H2,1-3H3,(H2,30,31,35). The van der Waals surface area contributed by atoms with Crippen LogP contribution in [0.5, 0.6) is 0 Å². The normalized spacial score (nSPS) is 13.6. The van der Waals surface area contributed by atoms with Crippen molar-refractivity contribution in [3.8, 4) is 0 Å². The van der Waals surface area contributed by atoms with Gasteiger partial charge in [-0.15, -0.1) is 0 Å². The van der Waals surface area contributed by atoms with Gasteiger partial charge < -0.3 is 20.4 Å². The number of nitrogens with one attached hydrogen (secondary N) is 2. The highest BCUT2D eigenvalue weighted by Gasteiger charge is 2.21. The average molecular weight is 471 g/mol. The van der Waals surface area contributed by atoms with Gasteiger partial charge in [0.2, 0.25) is 5.91 Å². The molecule has 1 aliphatic rings. The molecule has 182 valence electrons. The molecule has 0 bridgehead atoms. The minimum Gasteiger partial charge on any atom is -0.368 e. The van der Waals surface area contributed by atoms with Crippen LogP contribution >= 0.6 is 0 Å². The second-order valence-electron chi connectivity index (χ2n) is 9.44. The Morgan fingerprint density at radius 1 is 0.829 bits per heavy atom. The number of hydrogen-bond donors (Lipinski definition) is 2. The van der Waals surface area contributed by atoms with Crippen molar-refractivity contribution in [1.29, 1.82) is 0 Å². The maximum atomic E-state index is 12.7. The monoisotopic (exact) mass is 470 g/mol. The first-order chi connectivity index (χ1) is 16.9. The number of hydrogen-bond acceptors (Lipinski definition) is 3. The summed E-state index contributed by atoms with van der Waals surface area (Å²) in [5, 5.41) is 5.76. The van der Waals surface area contributed by atoms with Crippen molar-refractivity contribution < 1.29 is 9.59 Å². The Hall–Kier alpha value is -3.80. The molecule has 1 aliphatic heterocycles. The molecule has 3 amide bonds. The summed E-state index contributed by atoms with van der Waals surface area (Å²) < 4.78 is 0. The number of urea groups is 1. The quantitative estimate of drug-likeness (QED) is 0.489. The lowest BCUT2D eigenvalue weighted by Gasteiger charge is -2.36. The van der Waals surface area contributed by atoms with Gasteiger partial charge >= 0.3 is 6.03 Å². The molecule has 0 aromatic heterocycles. The van der Waals surface area contributed by atoms with Crippen molar-refractivity contribution >= 4 is 29.0 Å². The van der Waals surface area contributed by atoms with E-state index in [1.807, 2.05) is 78.6 Å². The molecule has 0 radical (unpaired) electrons. The maximum Gasteiger partial charge on any atom is 0.323 e. The van der Waals surface area contributed by atoms with Gasteiger partial charge in [-0.05, 0) is 60.4 Å². The Morgan fingerprint density at radius 3 is 2.00 bits per heavy atom. The van der Waals surface area contributed by atoms with E-state index in [9.17, 15) is 9.59 Å². The van der Waals surface area contributed by atoms with Crippen LogP contribution in [-0.4, -0.2) is 43.0 Å². The molecule has 6 heteroatoms. The average Bonchev–Trinajstić information content (AvgIpc) is 2.85. The lowest BCUT2D eigenvalue weighted by molar-refractivity contribution is -0.130. The van der Waals surface area contributed by atoms with E-state index in [4.69, 9.17) is 0 Å². The third kappa shape index (κ3) is 6.63. The molecule has 4 rings (SSSR count). The van der Waals surface area contributed by atoms with E-state index < -0.39 is 0 Å². The number of amides is 3. The molecule has 0 saturated carbocycles. The maximum absolute atomic E-state index is 12.7. The highest BCUT2D eigenvalue weighted by Crippen LogP contribution is 2.21. The Balaban J connectivity index is 1.25. The molecular weight excluding hydrogens is 436 g/mol. The van der Waals surface area contributed by atoms with Gasteiger partial charge in [-0.2, -0.15) is 0 Å². The van der Waals surface area contributed by atoms with Crippen molar-refractivity contribution in [1.82, 2.24) is 4.90 Å². The molecule has 0 unspecified atom stereocenters. The van der Waals surface area contributed by atoms with Gasteiger partial charge in [0.1, 0.15) is 0 Å². The summed E-state index contributed by atoms with van der Waals surface area (Å²) in [6.07, 6.45) is 0.450. The third-order valence-electron chi connectivity index (χ3n) is 6.40. The molecule has 6 nitrogen and oxygen atoms in total. The van der Waals surface area contributed by atoms with Gasteiger partial charge in [0.15, 0.2) is 0 Å². The highest BCUT2D eigenvalue weighted by molar-refractivity contribution is 5.99. The van der Waals surface area contributed by atoms with Crippen LogP contribution in [0.2, 0.25) is 0 Å². The van der Waals surface area contributed by atoms with E-state index in [2.05, 4.69) is 35.4 Å². The Morgan fingerprint density at radius 2 is 1.43 bits per heavy atom. The molecule has 35 heavy (non-hydrogen) atoms. The fraction of sp³-hybridized carbons (Fsp3) is 0.310. The third-order valence-corrected chi connectivity index (χ3v) is 6.40. The fourth-order valence-corrected chi connectivity index (χ4v) is 4.32. The molecule has 0 spiro atoms. The smallest absolute Gasteiger partial charge is 0.323 e. The molecule has 1 heterocycles. The largest absolute Gasteiger partial charge is 0.368 e. The zero-order valence-corrected chi connectivity index (χ0v) is 20.8. The lowest BCUT2D eigenvalue weighted by atomic mass is 10.0. The highest BCUT2D eigenvalue weighted by atomic mass is 16.2. The van der Waals surface area contributed by atoms with Gasteiger partial charge in [-0.1, -0.05) is 55.8 Å². The molecule has 0 aliphatic carbocycles. The van der Waals surface area contributed by atoms with Crippen LogP contribution in [-0.2, 0) is 11.2 Å². The summed E-state index contributed by atoms with van der Waals surface area (Å²) in [4.78, 5) is 29.3. The van der Waals surface area contributed by atoms with E-state index in [0.29, 0.717) is 25.4 Å². The van der Waals surface area contributed by atoms with Crippen molar-refractivity contribution in [2.75, 3.05) is 41.7 Å². The number of carbonyl (C=O) groups excluding carboxylic acids is 2. The van der Waals surface area contributed by atoms with Crippen LogP contribution < -0.4 is 15.5 Å². The summed E-state index contributed by atoms with van der Waals surface area (Å²) in [6.45, 7) is 9.34. The van der Waals surface area contributed by atoms with Crippen LogP contribution in [0, 0.1) is 6.92 Å². The van der Waals surface area contributed by atoms with Gasteiger partial charge in [0.25, 0.3) is 0 Å². The van der Waals surface area contributed by atoms with Crippen molar-refractivity contribution in [3.05, 3.63) is 89.5 Å². The first-order valence-electron chi connectivity index (χ1n) is 12.2. The van der Waals surface area contributed by atoms with Gasteiger partial charge in [0, 0.05) is 43.2 Å². The van der Waals surface area contributed by atoms with Gasteiger partial charge in [0.05, 0.1) is 6.42 Å². The van der Waals surface area contributed by atoms with Gasteiger partial charge in [-0.25, -0.2) is 4.79 Å². The molecule has 1 fully saturated rings. The minimum absolute atomic E-state index is 0.180. The Kier molecular flexibility index (Phi) is 7.70. The van der Waals surface area contributed by atoms with Crippen LogP contribution in [0.1, 0.15) is 36.5 Å². The Bertz CT molecular complexity index is 1150. The lowest BCUT2D eigenvalue weighted by Crippen LogP contribution is -2.49. The van der Waals surface area contributed by atoms with E-state index in [1.165, 1.54) is 11.1 Å². The summed E-state index contributed by atoms with van der Waals surface area (Å²) in [7, 11) is 0. The molecule has 1 saturated heterocycles. The SMILES string of the molecule is Cc1cccc(CC(=O)N2CCN(c3ccc(NC(=O)Nc4ccc(C(C)C)cc4)cc3)CC2)c1. The molecule has 3 aromatic carbocycles. The summed E-state index contributed by atoms with van der Waals surface area (Å²) in [6, 6.07) is 23.6. The number of piperazine rings is 1. The molecular formula is C29H34N4O2. The number of aryl methyl sites for hydroxylation is 1. The van der Waals surface area contributed by atoms with Crippen molar-refractivity contribution in [3.63, 3.8) is 0 Å². The second kappa shape index (κ2) is 11.1. The number of nitrogens with zero attached hydrogens (tertiary/aromatic N) is 2. The Labute approximate surface area is 207 Å². The topological polar surface area (TPSA) is 64.7 Å². The second-order valence-corrected chi connectivity index (χ2v) is 9.44.